The van der Waals surface area contributed by atoms with E-state index in [4.69, 9.17) is 19.9 Å². The second-order valence-corrected chi connectivity index (χ2v) is 7.80. The number of carbonyl (C=O) groups is 2. The van der Waals surface area contributed by atoms with E-state index in [0.717, 1.165) is 0 Å². The Balaban J connectivity index is 1.40. The minimum absolute atomic E-state index is 0.0203. The van der Waals surface area contributed by atoms with Gasteiger partial charge in [-0.15, -0.1) is 0 Å². The number of benzene rings is 2. The fraction of sp³-hybridized carbons (Fsp3) is 0.208. The van der Waals surface area contributed by atoms with Crippen LogP contribution in [0, 0.1) is 0 Å². The van der Waals surface area contributed by atoms with E-state index in [1.54, 1.807) is 60.7 Å². The molecule has 2 aromatic carbocycles. The van der Waals surface area contributed by atoms with Crippen LogP contribution in [0.5, 0.6) is 0 Å². The molecule has 1 aliphatic rings. The number of imidazole rings is 1. The maximum atomic E-state index is 15.8. The van der Waals surface area contributed by atoms with Gasteiger partial charge in [0.25, 0.3) is 0 Å². The summed E-state index contributed by atoms with van der Waals surface area (Å²) in [6.45, 7) is -0.346. The molecule has 35 heavy (non-hydrogen) atoms. The molecular weight excluding hydrogens is 457 g/mol. The number of anilines is 1. The third-order valence-electron chi connectivity index (χ3n) is 5.52. The Morgan fingerprint density at radius 2 is 1.66 bits per heavy atom. The zero-order valence-electron chi connectivity index (χ0n) is 18.2. The SMILES string of the molecule is Nc1ncc2ncn([C@@H]3O[C@H](COC(=O)c4ccccc4)C(OC(=O)c4ccccc4)[C@H]3F)c2n1. The normalized spacial score (nSPS) is 21.6. The topological polar surface area (TPSA) is 131 Å². The molecule has 178 valence electrons. The van der Waals surface area contributed by atoms with Gasteiger partial charge in [0.05, 0.1) is 23.7 Å². The van der Waals surface area contributed by atoms with Crippen molar-refractivity contribution in [1.82, 2.24) is 19.5 Å². The highest BCUT2D eigenvalue weighted by molar-refractivity contribution is 5.90. The Bertz CT molecular complexity index is 1350. The lowest BCUT2D eigenvalue weighted by Gasteiger charge is -2.19. The van der Waals surface area contributed by atoms with Crippen molar-refractivity contribution < 1.29 is 28.2 Å². The summed E-state index contributed by atoms with van der Waals surface area (Å²) in [5.74, 6) is -1.37. The molecule has 2 aromatic heterocycles. The Hall–Kier alpha value is -4.38. The van der Waals surface area contributed by atoms with Crippen LogP contribution in [0.25, 0.3) is 11.2 Å². The van der Waals surface area contributed by atoms with Crippen molar-refractivity contribution in [3.05, 3.63) is 84.3 Å². The van der Waals surface area contributed by atoms with Crippen LogP contribution >= 0.6 is 0 Å². The molecule has 1 aliphatic heterocycles. The second-order valence-electron chi connectivity index (χ2n) is 7.80. The maximum absolute atomic E-state index is 15.8. The van der Waals surface area contributed by atoms with Gasteiger partial charge in [0.15, 0.2) is 24.2 Å². The molecule has 4 atom stereocenters. The Labute approximate surface area is 198 Å². The number of nitrogen functional groups attached to an aromatic ring is 1. The highest BCUT2D eigenvalue weighted by Crippen LogP contribution is 2.36. The number of hydrogen-bond acceptors (Lipinski definition) is 9. The van der Waals surface area contributed by atoms with E-state index >= 15 is 4.39 Å². The van der Waals surface area contributed by atoms with Gasteiger partial charge in [-0.1, -0.05) is 36.4 Å². The molecular formula is C24H20FN5O5. The van der Waals surface area contributed by atoms with Crippen molar-refractivity contribution in [3.8, 4) is 0 Å². The molecule has 5 rings (SSSR count). The van der Waals surface area contributed by atoms with E-state index in [2.05, 4.69) is 15.0 Å². The molecule has 2 N–H and O–H groups in total. The first-order chi connectivity index (χ1) is 17.0. The van der Waals surface area contributed by atoms with Crippen LogP contribution < -0.4 is 5.73 Å². The first kappa shape index (κ1) is 22.4. The molecule has 1 saturated heterocycles. The predicted octanol–water partition coefficient (Wildman–Crippen LogP) is 2.73. The summed E-state index contributed by atoms with van der Waals surface area (Å²) in [6, 6.07) is 16.5. The molecule has 1 unspecified atom stereocenters. The average molecular weight is 477 g/mol. The number of esters is 2. The molecule has 10 nitrogen and oxygen atoms in total. The van der Waals surface area contributed by atoms with Gasteiger partial charge in [-0.05, 0) is 24.3 Å². The van der Waals surface area contributed by atoms with Crippen LogP contribution in [-0.4, -0.2) is 56.4 Å². The van der Waals surface area contributed by atoms with Crippen LogP contribution in [0.3, 0.4) is 0 Å². The zero-order valence-corrected chi connectivity index (χ0v) is 18.2. The van der Waals surface area contributed by atoms with Crippen LogP contribution in [0.15, 0.2) is 73.2 Å². The third-order valence-corrected chi connectivity index (χ3v) is 5.52. The first-order valence-electron chi connectivity index (χ1n) is 10.7. The van der Waals surface area contributed by atoms with Gasteiger partial charge in [0.2, 0.25) is 5.95 Å². The summed E-state index contributed by atoms with van der Waals surface area (Å²) < 4.78 is 33.9. The number of nitrogens with zero attached hydrogens (tertiary/aromatic N) is 4. The number of halogens is 1. The van der Waals surface area contributed by atoms with Crippen molar-refractivity contribution in [2.75, 3.05) is 12.3 Å². The Morgan fingerprint density at radius 3 is 2.34 bits per heavy atom. The summed E-state index contributed by atoms with van der Waals surface area (Å²) >= 11 is 0. The van der Waals surface area contributed by atoms with E-state index in [9.17, 15) is 9.59 Å². The first-order valence-corrected chi connectivity index (χ1v) is 10.7. The lowest BCUT2D eigenvalue weighted by molar-refractivity contribution is -0.0570. The van der Waals surface area contributed by atoms with Gasteiger partial charge in [-0.2, -0.15) is 4.98 Å². The van der Waals surface area contributed by atoms with Gasteiger partial charge in [0.1, 0.15) is 18.2 Å². The highest BCUT2D eigenvalue weighted by Gasteiger charge is 2.49. The molecule has 0 radical (unpaired) electrons. The third kappa shape index (κ3) is 4.53. The van der Waals surface area contributed by atoms with Gasteiger partial charge in [-0.3, -0.25) is 4.57 Å². The molecule has 3 heterocycles. The maximum Gasteiger partial charge on any atom is 0.338 e. The minimum atomic E-state index is -1.82. The Morgan fingerprint density at radius 1 is 1.00 bits per heavy atom. The number of alkyl halides is 1. The fourth-order valence-corrected chi connectivity index (χ4v) is 3.80. The Kier molecular flexibility index (Phi) is 6.06. The molecule has 0 aliphatic carbocycles. The average Bonchev–Trinajstić information content (AvgIpc) is 3.43. The van der Waals surface area contributed by atoms with Crippen molar-refractivity contribution in [3.63, 3.8) is 0 Å². The molecule has 0 bridgehead atoms. The molecule has 0 spiro atoms. The van der Waals surface area contributed by atoms with Crippen LogP contribution in [0.1, 0.15) is 26.9 Å². The van der Waals surface area contributed by atoms with E-state index in [1.165, 1.54) is 17.1 Å². The minimum Gasteiger partial charge on any atom is -0.459 e. The second kappa shape index (κ2) is 9.47. The largest absolute Gasteiger partial charge is 0.459 e. The standard InChI is InChI=1S/C24H20FN5O5/c25-18-19(35-23(32)15-9-5-2-6-10-15)17(12-33-22(31)14-7-3-1-4-8-14)34-21(18)30-13-28-16-11-27-24(26)29-20(16)30/h1-11,13,17-19,21H,12H2,(H2,26,27,29)/t17-,18-,19?,21-/m1/s1. The van der Waals surface area contributed by atoms with Gasteiger partial charge in [-0.25, -0.2) is 23.9 Å². The summed E-state index contributed by atoms with van der Waals surface area (Å²) in [4.78, 5) is 37.3. The summed E-state index contributed by atoms with van der Waals surface area (Å²) in [6.07, 6.45) is -2.80. The molecule has 0 amide bonds. The van der Waals surface area contributed by atoms with Gasteiger partial charge >= 0.3 is 11.9 Å². The molecule has 11 heteroatoms. The van der Waals surface area contributed by atoms with Gasteiger partial charge in [0, 0.05) is 0 Å². The van der Waals surface area contributed by atoms with Crippen molar-refractivity contribution in [2.45, 2.75) is 24.6 Å². The quantitative estimate of drug-likeness (QED) is 0.416. The van der Waals surface area contributed by atoms with Crippen LogP contribution in [0.4, 0.5) is 10.3 Å². The van der Waals surface area contributed by atoms with Crippen molar-refractivity contribution in [2.24, 2.45) is 0 Å². The molecule has 4 aromatic rings. The van der Waals surface area contributed by atoms with E-state index in [0.29, 0.717) is 11.1 Å². The number of nitrogens with two attached hydrogens (primary N) is 1. The number of aromatic nitrogens is 4. The monoisotopic (exact) mass is 477 g/mol. The van der Waals surface area contributed by atoms with Crippen molar-refractivity contribution in [1.29, 1.82) is 0 Å². The zero-order chi connectivity index (χ0) is 24.4. The number of fused-ring (bicyclic) bond motifs is 1. The lowest BCUT2D eigenvalue weighted by Crippen LogP contribution is -2.37. The smallest absolute Gasteiger partial charge is 0.338 e. The van der Waals surface area contributed by atoms with Crippen molar-refractivity contribution >= 4 is 29.1 Å². The van der Waals surface area contributed by atoms with E-state index in [1.807, 2.05) is 0 Å². The number of carbonyl (C=O) groups excluding carboxylic acids is 2. The fourth-order valence-electron chi connectivity index (χ4n) is 3.80. The summed E-state index contributed by atoms with van der Waals surface area (Å²) in [7, 11) is 0. The molecule has 0 saturated carbocycles. The van der Waals surface area contributed by atoms with Crippen LogP contribution in [-0.2, 0) is 14.2 Å². The van der Waals surface area contributed by atoms with E-state index in [-0.39, 0.29) is 23.8 Å². The number of hydrogen-bond donors (Lipinski definition) is 1. The molecule has 1 fully saturated rings. The summed E-state index contributed by atoms with van der Waals surface area (Å²) in [5.41, 5.74) is 6.88. The lowest BCUT2D eigenvalue weighted by atomic mass is 10.1. The van der Waals surface area contributed by atoms with Gasteiger partial charge < -0.3 is 19.9 Å². The number of ether oxygens (including phenoxy) is 3. The van der Waals surface area contributed by atoms with E-state index < -0.39 is 36.5 Å². The van der Waals surface area contributed by atoms with Crippen LogP contribution in [0.2, 0.25) is 0 Å². The highest BCUT2D eigenvalue weighted by atomic mass is 19.1. The summed E-state index contributed by atoms with van der Waals surface area (Å²) in [5, 5.41) is 0. The predicted molar refractivity (Wildman–Crippen MR) is 121 cm³/mol. The number of rotatable bonds is 6.